The minimum atomic E-state index is -0.547. The first-order valence-corrected chi connectivity index (χ1v) is 7.76. The Balaban J connectivity index is 1.79. The minimum absolute atomic E-state index is 0.0693. The van der Waals surface area contributed by atoms with Crippen LogP contribution in [0, 0.1) is 5.92 Å². The van der Waals surface area contributed by atoms with Gasteiger partial charge in [-0.1, -0.05) is 19.1 Å². The molecule has 4 nitrogen and oxygen atoms in total. The molecule has 1 amide bonds. The van der Waals surface area contributed by atoms with Crippen molar-refractivity contribution in [2.75, 3.05) is 13.6 Å². The van der Waals surface area contributed by atoms with Crippen LogP contribution in [0.3, 0.4) is 0 Å². The van der Waals surface area contributed by atoms with Crippen molar-refractivity contribution in [2.45, 2.75) is 44.8 Å². The van der Waals surface area contributed by atoms with Crippen LogP contribution in [0.2, 0.25) is 0 Å². The average Bonchev–Trinajstić information content (AvgIpc) is 2.50. The molecule has 0 saturated heterocycles. The van der Waals surface area contributed by atoms with Gasteiger partial charge < -0.3 is 15.7 Å². The zero-order chi connectivity index (χ0) is 15.3. The maximum absolute atomic E-state index is 11.5. The van der Waals surface area contributed by atoms with Crippen molar-refractivity contribution in [3.63, 3.8) is 0 Å². The van der Waals surface area contributed by atoms with Gasteiger partial charge in [0.1, 0.15) is 0 Å². The van der Waals surface area contributed by atoms with E-state index in [1.807, 2.05) is 24.3 Å². The quantitative estimate of drug-likeness (QED) is 0.778. The SMILES string of the molecule is CNC(=O)c1ccc(CNCC2(O)CCC(C)CC2)cc1. The van der Waals surface area contributed by atoms with Crippen LogP contribution in [0.25, 0.3) is 0 Å². The Kier molecular flexibility index (Phi) is 5.37. The van der Waals surface area contributed by atoms with Gasteiger partial charge in [-0.15, -0.1) is 0 Å². The molecule has 2 rings (SSSR count). The minimum Gasteiger partial charge on any atom is -0.389 e. The van der Waals surface area contributed by atoms with Gasteiger partial charge in [-0.2, -0.15) is 0 Å². The lowest BCUT2D eigenvalue weighted by atomic mass is 9.79. The number of hydrogen-bond donors (Lipinski definition) is 3. The molecule has 3 N–H and O–H groups in total. The number of nitrogens with one attached hydrogen (secondary N) is 2. The first-order chi connectivity index (χ1) is 10.0. The van der Waals surface area contributed by atoms with Crippen LogP contribution in [-0.2, 0) is 6.54 Å². The van der Waals surface area contributed by atoms with E-state index in [-0.39, 0.29) is 5.91 Å². The van der Waals surface area contributed by atoms with E-state index in [1.165, 1.54) is 0 Å². The van der Waals surface area contributed by atoms with Gasteiger partial charge in [0.25, 0.3) is 5.91 Å². The van der Waals surface area contributed by atoms with E-state index in [1.54, 1.807) is 7.05 Å². The zero-order valence-electron chi connectivity index (χ0n) is 13.0. The lowest BCUT2D eigenvalue weighted by Gasteiger charge is -2.35. The van der Waals surface area contributed by atoms with Crippen LogP contribution in [0.5, 0.6) is 0 Å². The lowest BCUT2D eigenvalue weighted by Crippen LogP contribution is -2.43. The van der Waals surface area contributed by atoms with Crippen molar-refractivity contribution < 1.29 is 9.90 Å². The zero-order valence-corrected chi connectivity index (χ0v) is 13.0. The number of hydrogen-bond acceptors (Lipinski definition) is 3. The van der Waals surface area contributed by atoms with E-state index < -0.39 is 5.60 Å². The third-order valence-corrected chi connectivity index (χ3v) is 4.43. The second-order valence-corrected chi connectivity index (χ2v) is 6.29. The molecule has 0 aliphatic heterocycles. The largest absolute Gasteiger partial charge is 0.389 e. The summed E-state index contributed by atoms with van der Waals surface area (Å²) >= 11 is 0. The Morgan fingerprint density at radius 1 is 1.29 bits per heavy atom. The molecule has 0 bridgehead atoms. The Morgan fingerprint density at radius 3 is 2.48 bits per heavy atom. The predicted molar refractivity (Wildman–Crippen MR) is 84.1 cm³/mol. The maximum atomic E-state index is 11.5. The fourth-order valence-electron chi connectivity index (χ4n) is 2.83. The van der Waals surface area contributed by atoms with Crippen LogP contribution in [0.1, 0.15) is 48.5 Å². The standard InChI is InChI=1S/C17H26N2O2/c1-13-7-9-17(21,10-8-13)12-19-11-14-3-5-15(6-4-14)16(20)18-2/h3-6,13,19,21H,7-12H2,1-2H3,(H,18,20). The molecule has 1 aromatic carbocycles. The summed E-state index contributed by atoms with van der Waals surface area (Å²) < 4.78 is 0. The lowest BCUT2D eigenvalue weighted by molar-refractivity contribution is -0.00630. The van der Waals surface area contributed by atoms with Crippen LogP contribution in [0.15, 0.2) is 24.3 Å². The molecule has 0 radical (unpaired) electrons. The van der Waals surface area contributed by atoms with Gasteiger partial charge in [0.05, 0.1) is 5.60 Å². The first kappa shape index (κ1) is 16.0. The highest BCUT2D eigenvalue weighted by atomic mass is 16.3. The molecular formula is C17H26N2O2. The molecule has 0 unspecified atom stereocenters. The van der Waals surface area contributed by atoms with Crippen molar-refractivity contribution in [2.24, 2.45) is 5.92 Å². The summed E-state index contributed by atoms with van der Waals surface area (Å²) in [4.78, 5) is 11.5. The van der Waals surface area contributed by atoms with Gasteiger partial charge in [0, 0.05) is 25.7 Å². The van der Waals surface area contributed by atoms with Gasteiger partial charge in [-0.3, -0.25) is 4.79 Å². The fraction of sp³-hybridized carbons (Fsp3) is 0.588. The highest BCUT2D eigenvalue weighted by Crippen LogP contribution is 2.31. The molecule has 1 saturated carbocycles. The molecule has 0 atom stereocenters. The summed E-state index contributed by atoms with van der Waals surface area (Å²) in [5, 5.41) is 16.4. The third kappa shape index (κ3) is 4.55. The van der Waals surface area contributed by atoms with Crippen molar-refractivity contribution in [1.29, 1.82) is 0 Å². The van der Waals surface area contributed by atoms with Gasteiger partial charge in [0.15, 0.2) is 0 Å². The fourth-order valence-corrected chi connectivity index (χ4v) is 2.83. The highest BCUT2D eigenvalue weighted by molar-refractivity contribution is 5.93. The highest BCUT2D eigenvalue weighted by Gasteiger charge is 2.31. The second-order valence-electron chi connectivity index (χ2n) is 6.29. The molecule has 0 aromatic heterocycles. The topological polar surface area (TPSA) is 61.4 Å². The normalized spacial score (nSPS) is 25.6. The van der Waals surface area contributed by atoms with Gasteiger partial charge >= 0.3 is 0 Å². The molecular weight excluding hydrogens is 264 g/mol. The number of carbonyl (C=O) groups excluding carboxylic acids is 1. The Labute approximate surface area is 126 Å². The van der Waals surface area contributed by atoms with E-state index in [4.69, 9.17) is 0 Å². The Morgan fingerprint density at radius 2 is 1.90 bits per heavy atom. The van der Waals surface area contributed by atoms with Gasteiger partial charge in [-0.05, 0) is 49.3 Å². The van der Waals surface area contributed by atoms with Crippen molar-refractivity contribution >= 4 is 5.91 Å². The molecule has 1 aliphatic carbocycles. The average molecular weight is 290 g/mol. The Bertz CT molecular complexity index is 462. The van der Waals surface area contributed by atoms with Gasteiger partial charge in [0.2, 0.25) is 0 Å². The summed E-state index contributed by atoms with van der Waals surface area (Å²) in [6.07, 6.45) is 3.99. The molecule has 1 aromatic rings. The molecule has 4 heteroatoms. The van der Waals surface area contributed by atoms with Crippen LogP contribution in [-0.4, -0.2) is 30.2 Å². The summed E-state index contributed by atoms with van der Waals surface area (Å²) in [6, 6.07) is 7.55. The smallest absolute Gasteiger partial charge is 0.251 e. The molecule has 0 spiro atoms. The Hall–Kier alpha value is -1.39. The van der Waals surface area contributed by atoms with E-state index in [0.717, 1.165) is 37.2 Å². The van der Waals surface area contributed by atoms with E-state index in [9.17, 15) is 9.90 Å². The summed E-state index contributed by atoms with van der Waals surface area (Å²) in [5.74, 6) is 0.669. The van der Waals surface area contributed by atoms with Crippen molar-refractivity contribution in [3.8, 4) is 0 Å². The molecule has 1 fully saturated rings. The summed E-state index contributed by atoms with van der Waals surface area (Å²) in [5.41, 5.74) is 1.24. The van der Waals surface area contributed by atoms with Gasteiger partial charge in [-0.25, -0.2) is 0 Å². The number of benzene rings is 1. The van der Waals surface area contributed by atoms with E-state index >= 15 is 0 Å². The van der Waals surface area contributed by atoms with E-state index in [2.05, 4.69) is 17.6 Å². The summed E-state index contributed by atoms with van der Waals surface area (Å²) in [7, 11) is 1.63. The number of rotatable bonds is 5. The first-order valence-electron chi connectivity index (χ1n) is 7.76. The third-order valence-electron chi connectivity index (χ3n) is 4.43. The van der Waals surface area contributed by atoms with E-state index in [0.29, 0.717) is 18.7 Å². The predicted octanol–water partition coefficient (Wildman–Crippen LogP) is 2.08. The maximum Gasteiger partial charge on any atom is 0.251 e. The second kappa shape index (κ2) is 7.05. The monoisotopic (exact) mass is 290 g/mol. The number of carbonyl (C=O) groups is 1. The molecule has 1 aliphatic rings. The van der Waals surface area contributed by atoms with Crippen molar-refractivity contribution in [1.82, 2.24) is 10.6 Å². The van der Waals surface area contributed by atoms with Crippen molar-refractivity contribution in [3.05, 3.63) is 35.4 Å². The summed E-state index contributed by atoms with van der Waals surface area (Å²) in [6.45, 7) is 3.60. The molecule has 21 heavy (non-hydrogen) atoms. The number of amides is 1. The van der Waals surface area contributed by atoms with Crippen LogP contribution in [0.4, 0.5) is 0 Å². The van der Waals surface area contributed by atoms with Crippen LogP contribution < -0.4 is 10.6 Å². The van der Waals surface area contributed by atoms with Crippen LogP contribution >= 0.6 is 0 Å². The molecule has 116 valence electrons. The number of aliphatic hydroxyl groups is 1. The molecule has 0 heterocycles.